The van der Waals surface area contributed by atoms with Crippen molar-refractivity contribution in [3.63, 3.8) is 0 Å². The molecule has 0 aromatic heterocycles. The van der Waals surface area contributed by atoms with E-state index in [4.69, 9.17) is 0 Å². The molecule has 0 aromatic carbocycles. The molecule has 0 bridgehead atoms. The van der Waals surface area contributed by atoms with Gasteiger partial charge in [-0.3, -0.25) is 0 Å². The zero-order valence-corrected chi connectivity index (χ0v) is 13.7. The van der Waals surface area contributed by atoms with E-state index < -0.39 is 0 Å². The molecule has 0 radical (unpaired) electrons. The highest BCUT2D eigenvalue weighted by Crippen LogP contribution is 2.32. The lowest BCUT2D eigenvalue weighted by atomic mass is 9.95. The predicted molar refractivity (Wildman–Crippen MR) is 85.0 cm³/mol. The molecule has 0 spiro atoms. The number of likely N-dealkylation sites (tertiary alicyclic amines) is 3. The molecule has 0 saturated carbocycles. The van der Waals surface area contributed by atoms with Crippen LogP contribution in [0.3, 0.4) is 0 Å². The van der Waals surface area contributed by atoms with Gasteiger partial charge < -0.3 is 14.7 Å². The van der Waals surface area contributed by atoms with E-state index in [0.29, 0.717) is 0 Å². The summed E-state index contributed by atoms with van der Waals surface area (Å²) in [4.78, 5) is 8.08. The number of rotatable bonds is 4. The zero-order valence-electron chi connectivity index (χ0n) is 13.7. The Kier molecular flexibility index (Phi) is 4.68. The van der Waals surface area contributed by atoms with Crippen molar-refractivity contribution in [2.75, 3.05) is 52.4 Å². The molecule has 3 aliphatic heterocycles. The van der Waals surface area contributed by atoms with Crippen LogP contribution in [0.1, 0.15) is 33.6 Å². The van der Waals surface area contributed by atoms with Gasteiger partial charge in [0.25, 0.3) is 0 Å². The molecular formula is C17H33N3. The molecule has 3 rings (SSSR count). The fraction of sp³-hybridized carbons (Fsp3) is 1.00. The molecule has 3 heteroatoms. The van der Waals surface area contributed by atoms with Gasteiger partial charge in [0.05, 0.1) is 0 Å². The Hall–Kier alpha value is -0.120. The molecule has 3 saturated heterocycles. The molecule has 3 aliphatic rings. The van der Waals surface area contributed by atoms with Gasteiger partial charge in [0.15, 0.2) is 0 Å². The van der Waals surface area contributed by atoms with Crippen molar-refractivity contribution >= 4 is 0 Å². The van der Waals surface area contributed by atoms with E-state index in [1.807, 2.05) is 0 Å². The van der Waals surface area contributed by atoms with Crippen LogP contribution in [0.25, 0.3) is 0 Å². The average Bonchev–Trinajstić information content (AvgIpc) is 2.96. The van der Waals surface area contributed by atoms with Crippen molar-refractivity contribution in [3.8, 4) is 0 Å². The van der Waals surface area contributed by atoms with E-state index in [-0.39, 0.29) is 0 Å². The topological polar surface area (TPSA) is 9.72 Å². The summed E-state index contributed by atoms with van der Waals surface area (Å²) in [5.74, 6) is 2.92. The van der Waals surface area contributed by atoms with Crippen LogP contribution >= 0.6 is 0 Å². The average molecular weight is 279 g/mol. The fourth-order valence-corrected chi connectivity index (χ4v) is 4.61. The Balaban J connectivity index is 1.41. The van der Waals surface area contributed by atoms with Crippen molar-refractivity contribution in [2.45, 2.75) is 39.7 Å². The van der Waals surface area contributed by atoms with Crippen molar-refractivity contribution in [1.82, 2.24) is 14.7 Å². The Bertz CT molecular complexity index is 295. The summed E-state index contributed by atoms with van der Waals surface area (Å²) in [6, 6.07) is 0.738. The van der Waals surface area contributed by atoms with Gasteiger partial charge in [0.1, 0.15) is 0 Å². The van der Waals surface area contributed by atoms with Crippen molar-refractivity contribution in [1.29, 1.82) is 0 Å². The van der Waals surface area contributed by atoms with Crippen molar-refractivity contribution < 1.29 is 0 Å². The first-order valence-corrected chi connectivity index (χ1v) is 8.84. The summed E-state index contributed by atoms with van der Waals surface area (Å²) in [6.45, 7) is 17.7. The standard InChI is InChI=1S/C17H33N3/c1-4-18-10-16-12-19(13-17(16)11-18)9-15-5-7-20(8-6-15)14(2)3/h14-17H,4-13H2,1-3H3/t16-,17+. The third kappa shape index (κ3) is 3.20. The smallest absolute Gasteiger partial charge is 0.00385 e. The lowest BCUT2D eigenvalue weighted by Crippen LogP contribution is -2.41. The molecule has 0 amide bonds. The minimum atomic E-state index is 0.738. The molecule has 0 aromatic rings. The first-order chi connectivity index (χ1) is 9.65. The van der Waals surface area contributed by atoms with Crippen LogP contribution in [-0.4, -0.2) is 73.1 Å². The normalized spacial score (nSPS) is 34.2. The predicted octanol–water partition coefficient (Wildman–Crippen LogP) is 1.99. The molecule has 3 heterocycles. The van der Waals surface area contributed by atoms with Gasteiger partial charge in [-0.1, -0.05) is 6.92 Å². The van der Waals surface area contributed by atoms with E-state index in [0.717, 1.165) is 23.8 Å². The monoisotopic (exact) mass is 279 g/mol. The summed E-state index contributed by atoms with van der Waals surface area (Å²) in [5, 5.41) is 0. The number of nitrogens with zero attached hydrogens (tertiary/aromatic N) is 3. The number of hydrogen-bond donors (Lipinski definition) is 0. The maximum absolute atomic E-state index is 2.79. The Morgan fingerprint density at radius 2 is 1.45 bits per heavy atom. The first-order valence-electron chi connectivity index (χ1n) is 8.84. The molecule has 0 N–H and O–H groups in total. The molecule has 3 nitrogen and oxygen atoms in total. The van der Waals surface area contributed by atoms with Gasteiger partial charge in [-0.25, -0.2) is 0 Å². The van der Waals surface area contributed by atoms with Gasteiger partial charge in [-0.2, -0.15) is 0 Å². The van der Waals surface area contributed by atoms with Gasteiger partial charge >= 0.3 is 0 Å². The second-order valence-electron chi connectivity index (χ2n) is 7.66. The SMILES string of the molecule is CCN1C[C@@H]2CN(CC3CCN(C(C)C)CC3)C[C@@H]2C1. The highest BCUT2D eigenvalue weighted by molar-refractivity contribution is 4.93. The highest BCUT2D eigenvalue weighted by atomic mass is 15.2. The van der Waals surface area contributed by atoms with Crippen LogP contribution in [-0.2, 0) is 0 Å². The van der Waals surface area contributed by atoms with Gasteiger partial charge in [0, 0.05) is 38.8 Å². The Morgan fingerprint density at radius 1 is 0.900 bits per heavy atom. The molecule has 0 aliphatic carbocycles. The van der Waals surface area contributed by atoms with Gasteiger partial charge in [-0.15, -0.1) is 0 Å². The van der Waals surface area contributed by atoms with Crippen LogP contribution in [0.15, 0.2) is 0 Å². The molecule has 3 fully saturated rings. The van der Waals surface area contributed by atoms with Crippen molar-refractivity contribution in [2.24, 2.45) is 17.8 Å². The van der Waals surface area contributed by atoms with Crippen LogP contribution in [0.4, 0.5) is 0 Å². The summed E-state index contributed by atoms with van der Waals surface area (Å²) >= 11 is 0. The second kappa shape index (κ2) is 6.33. The third-order valence-electron chi connectivity index (χ3n) is 5.98. The minimum absolute atomic E-state index is 0.738. The highest BCUT2D eigenvalue weighted by Gasteiger charge is 2.39. The first kappa shape index (κ1) is 14.8. The number of hydrogen-bond acceptors (Lipinski definition) is 3. The Morgan fingerprint density at radius 3 is 1.95 bits per heavy atom. The van der Waals surface area contributed by atoms with Gasteiger partial charge in [0.2, 0.25) is 0 Å². The maximum atomic E-state index is 2.79. The van der Waals surface area contributed by atoms with Crippen LogP contribution in [0.5, 0.6) is 0 Å². The molecule has 20 heavy (non-hydrogen) atoms. The summed E-state index contributed by atoms with van der Waals surface area (Å²) in [6.07, 6.45) is 2.84. The summed E-state index contributed by atoms with van der Waals surface area (Å²) < 4.78 is 0. The fourth-order valence-electron chi connectivity index (χ4n) is 4.61. The maximum Gasteiger partial charge on any atom is 0.00385 e. The molecule has 0 unspecified atom stereocenters. The summed E-state index contributed by atoms with van der Waals surface area (Å²) in [5.41, 5.74) is 0. The Labute approximate surface area is 125 Å². The third-order valence-corrected chi connectivity index (χ3v) is 5.98. The second-order valence-corrected chi connectivity index (χ2v) is 7.66. The van der Waals surface area contributed by atoms with Crippen molar-refractivity contribution in [3.05, 3.63) is 0 Å². The van der Waals surface area contributed by atoms with Crippen LogP contribution in [0.2, 0.25) is 0 Å². The lowest BCUT2D eigenvalue weighted by Gasteiger charge is -2.36. The summed E-state index contributed by atoms with van der Waals surface area (Å²) in [7, 11) is 0. The van der Waals surface area contributed by atoms with E-state index in [2.05, 4.69) is 35.5 Å². The van der Waals surface area contributed by atoms with Gasteiger partial charge in [-0.05, 0) is 64.1 Å². The van der Waals surface area contributed by atoms with E-state index in [1.165, 1.54) is 65.2 Å². The largest absolute Gasteiger partial charge is 0.303 e. The van der Waals surface area contributed by atoms with Crippen LogP contribution in [0, 0.1) is 17.8 Å². The molecular weight excluding hydrogens is 246 g/mol. The minimum Gasteiger partial charge on any atom is -0.303 e. The van der Waals surface area contributed by atoms with E-state index in [1.54, 1.807) is 0 Å². The zero-order chi connectivity index (χ0) is 14.1. The lowest BCUT2D eigenvalue weighted by molar-refractivity contribution is 0.125. The van der Waals surface area contributed by atoms with E-state index >= 15 is 0 Å². The van der Waals surface area contributed by atoms with Crippen LogP contribution < -0.4 is 0 Å². The number of piperidine rings is 1. The van der Waals surface area contributed by atoms with E-state index in [9.17, 15) is 0 Å². The number of fused-ring (bicyclic) bond motifs is 1. The quantitative estimate of drug-likeness (QED) is 0.779. The molecule has 116 valence electrons. The molecule has 2 atom stereocenters.